The van der Waals surface area contributed by atoms with E-state index in [1.165, 1.54) is 18.1 Å². The van der Waals surface area contributed by atoms with Crippen LogP contribution in [-0.2, 0) is 4.74 Å². The lowest BCUT2D eigenvalue weighted by Gasteiger charge is -2.22. The Balaban J connectivity index is 2.23. The summed E-state index contributed by atoms with van der Waals surface area (Å²) < 4.78 is 9.90. The number of anilines is 2. The van der Waals surface area contributed by atoms with E-state index in [-0.39, 0.29) is 12.3 Å². The first-order valence-corrected chi connectivity index (χ1v) is 7.83. The molecular formula is C19H19N3O4. The Kier molecular flexibility index (Phi) is 6.17. The zero-order chi connectivity index (χ0) is 19.1. The average Bonchev–Trinajstić information content (AvgIpc) is 2.62. The van der Waals surface area contributed by atoms with Gasteiger partial charge in [-0.25, -0.2) is 9.59 Å². The number of nitriles is 1. The van der Waals surface area contributed by atoms with Crippen LogP contribution in [0.2, 0.25) is 0 Å². The number of nitrogens with one attached hydrogen (secondary N) is 1. The molecular weight excluding hydrogens is 334 g/mol. The molecule has 0 aliphatic rings. The lowest BCUT2D eigenvalue weighted by Crippen LogP contribution is -2.34. The first kappa shape index (κ1) is 18.8. The topological polar surface area (TPSA) is 91.7 Å². The summed E-state index contributed by atoms with van der Waals surface area (Å²) in [5.74, 6) is 0.233. The molecule has 2 amide bonds. The van der Waals surface area contributed by atoms with Crippen molar-refractivity contribution in [3.63, 3.8) is 0 Å². The summed E-state index contributed by atoms with van der Waals surface area (Å²) in [5.41, 5.74) is 2.92. The van der Waals surface area contributed by atoms with Crippen LogP contribution in [0.15, 0.2) is 42.5 Å². The van der Waals surface area contributed by atoms with E-state index < -0.39 is 12.2 Å². The van der Waals surface area contributed by atoms with Crippen molar-refractivity contribution in [2.45, 2.75) is 13.8 Å². The van der Waals surface area contributed by atoms with E-state index in [9.17, 15) is 9.59 Å². The molecule has 0 unspecified atom stereocenters. The van der Waals surface area contributed by atoms with Crippen LogP contribution in [0, 0.1) is 25.2 Å². The number of carbonyl (C=O) groups is 2. The Bertz CT molecular complexity index is 858. The van der Waals surface area contributed by atoms with Gasteiger partial charge in [0, 0.05) is 11.8 Å². The van der Waals surface area contributed by atoms with E-state index in [1.54, 1.807) is 24.3 Å². The maximum Gasteiger partial charge on any atom is 0.420 e. The van der Waals surface area contributed by atoms with Gasteiger partial charge in [0.25, 0.3) is 0 Å². The maximum absolute atomic E-state index is 12.6. The normalized spacial score (nSPS) is 9.77. The molecule has 0 fully saturated rings. The number of amides is 2. The van der Waals surface area contributed by atoms with Gasteiger partial charge in [-0.3, -0.25) is 10.2 Å². The highest BCUT2D eigenvalue weighted by atomic mass is 16.6. The SMILES string of the molecule is COC(=O)Nc1cccc(OC(=O)N(CC#N)c2cccc(C)c2C)c1. The minimum Gasteiger partial charge on any atom is -0.453 e. The molecule has 0 radical (unpaired) electrons. The fourth-order valence-corrected chi connectivity index (χ4v) is 2.31. The molecule has 0 bridgehead atoms. The number of nitrogens with zero attached hydrogens (tertiary/aromatic N) is 2. The second-order valence-electron chi connectivity index (χ2n) is 5.48. The molecule has 0 aliphatic carbocycles. The number of hydrogen-bond donors (Lipinski definition) is 1. The largest absolute Gasteiger partial charge is 0.453 e. The van der Waals surface area contributed by atoms with Gasteiger partial charge in [-0.15, -0.1) is 0 Å². The fraction of sp³-hybridized carbons (Fsp3) is 0.211. The molecule has 0 saturated carbocycles. The molecule has 2 aromatic rings. The predicted molar refractivity (Wildman–Crippen MR) is 97.4 cm³/mol. The quantitative estimate of drug-likeness (QED) is 0.839. The molecule has 0 saturated heterocycles. The number of aryl methyl sites for hydroxylation is 1. The summed E-state index contributed by atoms with van der Waals surface area (Å²) in [7, 11) is 1.25. The van der Waals surface area contributed by atoms with Crippen molar-refractivity contribution in [2.75, 3.05) is 23.9 Å². The summed E-state index contributed by atoms with van der Waals surface area (Å²) >= 11 is 0. The van der Waals surface area contributed by atoms with Crippen molar-refractivity contribution >= 4 is 23.6 Å². The molecule has 0 spiro atoms. The molecule has 0 atom stereocenters. The van der Waals surface area contributed by atoms with Crippen LogP contribution in [0.4, 0.5) is 21.0 Å². The number of benzene rings is 2. The van der Waals surface area contributed by atoms with Crippen molar-refractivity contribution in [3.05, 3.63) is 53.6 Å². The summed E-state index contributed by atoms with van der Waals surface area (Å²) in [5, 5.41) is 11.6. The maximum atomic E-state index is 12.6. The monoisotopic (exact) mass is 353 g/mol. The third-order valence-electron chi connectivity index (χ3n) is 3.79. The lowest BCUT2D eigenvalue weighted by molar-refractivity contribution is 0.187. The molecule has 2 rings (SSSR count). The number of rotatable bonds is 4. The predicted octanol–water partition coefficient (Wildman–Crippen LogP) is 4.01. The summed E-state index contributed by atoms with van der Waals surface area (Å²) in [4.78, 5) is 25.1. The molecule has 2 aromatic carbocycles. The Morgan fingerprint density at radius 1 is 1.19 bits per heavy atom. The molecule has 0 aromatic heterocycles. The first-order valence-electron chi connectivity index (χ1n) is 7.83. The number of methoxy groups -OCH3 is 1. The smallest absolute Gasteiger partial charge is 0.420 e. The van der Waals surface area contributed by atoms with Gasteiger partial charge >= 0.3 is 12.2 Å². The van der Waals surface area contributed by atoms with Crippen LogP contribution in [0.1, 0.15) is 11.1 Å². The van der Waals surface area contributed by atoms with Gasteiger partial charge in [-0.1, -0.05) is 18.2 Å². The van der Waals surface area contributed by atoms with Crippen molar-refractivity contribution in [1.82, 2.24) is 0 Å². The second-order valence-corrected chi connectivity index (χ2v) is 5.48. The van der Waals surface area contributed by atoms with E-state index in [4.69, 9.17) is 10.00 Å². The van der Waals surface area contributed by atoms with E-state index in [0.29, 0.717) is 11.4 Å². The minimum absolute atomic E-state index is 0.150. The zero-order valence-corrected chi connectivity index (χ0v) is 14.8. The zero-order valence-electron chi connectivity index (χ0n) is 14.8. The molecule has 134 valence electrons. The van der Waals surface area contributed by atoms with Crippen LogP contribution in [-0.4, -0.2) is 25.8 Å². The van der Waals surface area contributed by atoms with E-state index >= 15 is 0 Å². The lowest BCUT2D eigenvalue weighted by atomic mass is 10.1. The molecule has 7 heteroatoms. The third-order valence-corrected chi connectivity index (χ3v) is 3.79. The highest BCUT2D eigenvalue weighted by molar-refractivity contribution is 5.91. The number of hydrogen-bond acceptors (Lipinski definition) is 5. The Morgan fingerprint density at radius 3 is 2.62 bits per heavy atom. The summed E-state index contributed by atoms with van der Waals surface area (Å²) in [6, 6.07) is 13.8. The summed E-state index contributed by atoms with van der Waals surface area (Å²) in [6.45, 7) is 3.66. The van der Waals surface area contributed by atoms with Gasteiger partial charge < -0.3 is 9.47 Å². The van der Waals surface area contributed by atoms with Crippen molar-refractivity contribution < 1.29 is 19.1 Å². The average molecular weight is 353 g/mol. The van der Waals surface area contributed by atoms with Gasteiger partial charge in [0.15, 0.2) is 0 Å². The van der Waals surface area contributed by atoms with Gasteiger partial charge in [-0.05, 0) is 43.2 Å². The first-order chi connectivity index (χ1) is 12.5. The minimum atomic E-state index is -0.685. The molecule has 1 N–H and O–H groups in total. The Morgan fingerprint density at radius 2 is 1.92 bits per heavy atom. The van der Waals surface area contributed by atoms with Crippen molar-refractivity contribution in [3.8, 4) is 11.8 Å². The van der Waals surface area contributed by atoms with Crippen molar-refractivity contribution in [1.29, 1.82) is 5.26 Å². The number of carbonyl (C=O) groups excluding carboxylic acids is 2. The highest BCUT2D eigenvalue weighted by Crippen LogP contribution is 2.25. The Labute approximate surface area is 151 Å². The van der Waals surface area contributed by atoms with E-state index in [1.807, 2.05) is 32.0 Å². The molecule has 0 heterocycles. The highest BCUT2D eigenvalue weighted by Gasteiger charge is 2.20. The van der Waals surface area contributed by atoms with Crippen LogP contribution in [0.5, 0.6) is 5.75 Å². The van der Waals surface area contributed by atoms with Gasteiger partial charge in [0.05, 0.1) is 18.9 Å². The van der Waals surface area contributed by atoms with Gasteiger partial charge in [0.1, 0.15) is 12.3 Å². The van der Waals surface area contributed by atoms with Crippen molar-refractivity contribution in [2.24, 2.45) is 0 Å². The third kappa shape index (κ3) is 4.51. The number of ether oxygens (including phenoxy) is 2. The molecule has 26 heavy (non-hydrogen) atoms. The second kappa shape index (κ2) is 8.53. The Hall–Kier alpha value is -3.53. The molecule has 0 aliphatic heterocycles. The van der Waals surface area contributed by atoms with Gasteiger partial charge in [0.2, 0.25) is 0 Å². The van der Waals surface area contributed by atoms with Crippen LogP contribution in [0.3, 0.4) is 0 Å². The van der Waals surface area contributed by atoms with Crippen LogP contribution >= 0.6 is 0 Å². The molecule has 7 nitrogen and oxygen atoms in total. The summed E-state index contributed by atoms with van der Waals surface area (Å²) in [6.07, 6.45) is -1.31. The van der Waals surface area contributed by atoms with Crippen LogP contribution in [0.25, 0.3) is 0 Å². The van der Waals surface area contributed by atoms with E-state index in [2.05, 4.69) is 10.1 Å². The standard InChI is InChI=1S/C19H19N3O4/c1-13-6-4-9-17(14(13)2)22(11-10-20)19(24)26-16-8-5-7-15(12-16)21-18(23)25-3/h4-9,12H,11H2,1-3H3,(H,21,23). The van der Waals surface area contributed by atoms with Gasteiger partial charge in [-0.2, -0.15) is 5.26 Å². The fourth-order valence-electron chi connectivity index (χ4n) is 2.31. The van der Waals surface area contributed by atoms with E-state index in [0.717, 1.165) is 11.1 Å². The van der Waals surface area contributed by atoms with Crippen LogP contribution < -0.4 is 15.0 Å².